The van der Waals surface area contributed by atoms with E-state index in [1.54, 1.807) is 48.5 Å². The van der Waals surface area contributed by atoms with Crippen molar-refractivity contribution in [3.8, 4) is 11.4 Å². The molecule has 23 heavy (non-hydrogen) atoms. The van der Waals surface area contributed by atoms with Crippen LogP contribution in [0.5, 0.6) is 0 Å². The number of hydrogen-bond acceptors (Lipinski definition) is 5. The van der Waals surface area contributed by atoms with E-state index >= 15 is 0 Å². The number of amides is 2. The van der Waals surface area contributed by atoms with Crippen LogP contribution in [0.25, 0.3) is 11.4 Å². The molecule has 0 atom stereocenters. The Bertz CT molecular complexity index is 950. The van der Waals surface area contributed by atoms with Gasteiger partial charge in [-0.3, -0.25) is 19.1 Å². The van der Waals surface area contributed by atoms with Gasteiger partial charge in [-0.15, -0.1) is 0 Å². The first-order valence-corrected chi connectivity index (χ1v) is 6.79. The van der Waals surface area contributed by atoms with Gasteiger partial charge in [0.2, 0.25) is 0 Å². The van der Waals surface area contributed by atoms with Crippen LogP contribution in [0, 0.1) is 0 Å². The Morgan fingerprint density at radius 2 is 1.48 bits per heavy atom. The van der Waals surface area contributed by atoms with Gasteiger partial charge < -0.3 is 0 Å². The lowest BCUT2D eigenvalue weighted by atomic mass is 10.1. The third-order valence-corrected chi connectivity index (χ3v) is 3.63. The molecule has 2 heterocycles. The Morgan fingerprint density at radius 1 is 0.870 bits per heavy atom. The number of anilines is 1. The minimum Gasteiger partial charge on any atom is -0.296 e. The number of nitrogens with zero attached hydrogens (tertiary/aromatic N) is 2. The fourth-order valence-electron chi connectivity index (χ4n) is 2.55. The second-order valence-corrected chi connectivity index (χ2v) is 4.98. The predicted octanol–water partition coefficient (Wildman–Crippen LogP) is 1.83. The largest absolute Gasteiger partial charge is 0.439 e. The first-order chi connectivity index (χ1) is 11.1. The molecular weight excluding hydrogens is 298 g/mol. The summed E-state index contributed by atoms with van der Waals surface area (Å²) >= 11 is 0. The molecule has 0 fully saturated rings. The smallest absolute Gasteiger partial charge is 0.296 e. The van der Waals surface area contributed by atoms with E-state index in [-0.39, 0.29) is 17.6 Å². The van der Waals surface area contributed by atoms with Gasteiger partial charge in [0.15, 0.2) is 5.82 Å². The van der Waals surface area contributed by atoms with E-state index in [1.807, 2.05) is 0 Å². The summed E-state index contributed by atoms with van der Waals surface area (Å²) in [6.07, 6.45) is 0. The Labute approximate surface area is 129 Å². The number of imide groups is 1. The lowest BCUT2D eigenvalue weighted by molar-refractivity contribution is 0.0926. The molecule has 1 aliphatic rings. The first-order valence-electron chi connectivity index (χ1n) is 6.79. The van der Waals surface area contributed by atoms with Crippen molar-refractivity contribution in [2.75, 3.05) is 4.90 Å². The van der Waals surface area contributed by atoms with Gasteiger partial charge in [0.1, 0.15) is 0 Å². The third-order valence-electron chi connectivity index (χ3n) is 3.63. The standard InChI is InChI=1S/C16H9N3O4/c20-14-11-3-1-2-4-12(11)15(21)19(14)10-7-5-9(6-8-10)13-17-16(22)23-18-13/h1-8H,(H,17,18,22). The zero-order valence-electron chi connectivity index (χ0n) is 11.6. The molecule has 4 rings (SSSR count). The predicted molar refractivity (Wildman–Crippen MR) is 80.1 cm³/mol. The molecule has 0 saturated heterocycles. The highest BCUT2D eigenvalue weighted by Crippen LogP contribution is 2.29. The van der Waals surface area contributed by atoms with Crippen LogP contribution in [-0.4, -0.2) is 22.0 Å². The zero-order valence-corrected chi connectivity index (χ0v) is 11.6. The minimum atomic E-state index is -0.649. The Balaban J connectivity index is 1.71. The number of carbonyl (C=O) groups excluding carboxylic acids is 2. The molecule has 1 N–H and O–H groups in total. The molecule has 2 aromatic carbocycles. The van der Waals surface area contributed by atoms with Gasteiger partial charge in [0, 0.05) is 5.56 Å². The highest BCUT2D eigenvalue weighted by atomic mass is 16.5. The van der Waals surface area contributed by atoms with E-state index in [2.05, 4.69) is 14.7 Å². The summed E-state index contributed by atoms with van der Waals surface area (Å²) in [6.45, 7) is 0. The normalized spacial score (nSPS) is 13.5. The zero-order chi connectivity index (χ0) is 16.0. The Kier molecular flexibility index (Phi) is 2.74. The molecule has 1 aromatic heterocycles. The van der Waals surface area contributed by atoms with Crippen molar-refractivity contribution in [3.05, 3.63) is 70.2 Å². The molecule has 0 aliphatic carbocycles. The monoisotopic (exact) mass is 307 g/mol. The lowest BCUT2D eigenvalue weighted by Gasteiger charge is -2.13. The van der Waals surface area contributed by atoms with Crippen LogP contribution in [0.3, 0.4) is 0 Å². The molecule has 0 unspecified atom stereocenters. The van der Waals surface area contributed by atoms with Gasteiger partial charge in [0.05, 0.1) is 16.8 Å². The molecule has 0 radical (unpaired) electrons. The second kappa shape index (κ2) is 4.77. The van der Waals surface area contributed by atoms with Crippen LogP contribution in [0.2, 0.25) is 0 Å². The summed E-state index contributed by atoms with van der Waals surface area (Å²) in [5, 5.41) is 3.58. The lowest BCUT2D eigenvalue weighted by Crippen LogP contribution is -2.29. The fourth-order valence-corrected chi connectivity index (χ4v) is 2.55. The second-order valence-electron chi connectivity index (χ2n) is 4.98. The number of nitrogens with one attached hydrogen (secondary N) is 1. The number of fused-ring (bicyclic) bond motifs is 1. The molecule has 0 saturated carbocycles. The number of rotatable bonds is 2. The maximum absolute atomic E-state index is 12.4. The first kappa shape index (κ1) is 13.2. The van der Waals surface area contributed by atoms with E-state index < -0.39 is 5.76 Å². The van der Waals surface area contributed by atoms with Gasteiger partial charge in [-0.25, -0.2) is 9.69 Å². The number of benzene rings is 2. The molecular formula is C16H9N3O4. The van der Waals surface area contributed by atoms with E-state index in [0.717, 1.165) is 4.90 Å². The van der Waals surface area contributed by atoms with Crippen molar-refractivity contribution in [2.24, 2.45) is 0 Å². The summed E-state index contributed by atoms with van der Waals surface area (Å²) in [5.41, 5.74) is 1.84. The Morgan fingerprint density at radius 3 is 2.00 bits per heavy atom. The number of hydrogen-bond donors (Lipinski definition) is 1. The van der Waals surface area contributed by atoms with Crippen molar-refractivity contribution in [1.82, 2.24) is 10.1 Å². The van der Waals surface area contributed by atoms with Crippen LogP contribution >= 0.6 is 0 Å². The van der Waals surface area contributed by atoms with E-state index in [9.17, 15) is 14.4 Å². The molecule has 0 bridgehead atoms. The van der Waals surface area contributed by atoms with Gasteiger partial charge in [0.25, 0.3) is 11.8 Å². The van der Waals surface area contributed by atoms with Crippen LogP contribution in [0.1, 0.15) is 20.7 Å². The number of H-pyrrole nitrogens is 1. The number of aromatic amines is 1. The molecule has 7 heteroatoms. The number of carbonyl (C=O) groups is 2. The topological polar surface area (TPSA) is 96.3 Å². The van der Waals surface area contributed by atoms with Crippen LogP contribution in [-0.2, 0) is 0 Å². The van der Waals surface area contributed by atoms with Gasteiger partial charge in [-0.1, -0.05) is 17.3 Å². The van der Waals surface area contributed by atoms with E-state index in [4.69, 9.17) is 0 Å². The van der Waals surface area contributed by atoms with Crippen molar-refractivity contribution in [1.29, 1.82) is 0 Å². The minimum absolute atomic E-state index is 0.281. The average molecular weight is 307 g/mol. The summed E-state index contributed by atoms with van der Waals surface area (Å²) in [5.74, 6) is -1.07. The van der Waals surface area contributed by atoms with E-state index in [0.29, 0.717) is 22.4 Å². The van der Waals surface area contributed by atoms with Crippen molar-refractivity contribution >= 4 is 17.5 Å². The average Bonchev–Trinajstić information content (AvgIpc) is 3.11. The Hall–Kier alpha value is -3.48. The fraction of sp³-hybridized carbons (Fsp3) is 0. The molecule has 112 valence electrons. The maximum Gasteiger partial charge on any atom is 0.439 e. The van der Waals surface area contributed by atoms with Gasteiger partial charge in [-0.05, 0) is 36.4 Å². The molecule has 2 amide bonds. The molecule has 3 aromatic rings. The van der Waals surface area contributed by atoms with Gasteiger partial charge >= 0.3 is 5.76 Å². The van der Waals surface area contributed by atoms with Crippen LogP contribution in [0.4, 0.5) is 5.69 Å². The SMILES string of the molecule is O=C1c2ccccc2C(=O)N1c1ccc(-c2noc(=O)[nH]2)cc1. The van der Waals surface area contributed by atoms with Gasteiger partial charge in [-0.2, -0.15) is 0 Å². The highest BCUT2D eigenvalue weighted by molar-refractivity contribution is 6.34. The molecule has 7 nitrogen and oxygen atoms in total. The molecule has 0 spiro atoms. The summed E-state index contributed by atoms with van der Waals surface area (Å²) < 4.78 is 4.45. The third kappa shape index (κ3) is 1.98. The van der Waals surface area contributed by atoms with Crippen LogP contribution in [0.15, 0.2) is 57.8 Å². The van der Waals surface area contributed by atoms with Crippen molar-refractivity contribution < 1.29 is 14.1 Å². The van der Waals surface area contributed by atoms with Crippen molar-refractivity contribution in [3.63, 3.8) is 0 Å². The highest BCUT2D eigenvalue weighted by Gasteiger charge is 2.36. The summed E-state index contributed by atoms with van der Waals surface area (Å²) in [4.78, 5) is 39.3. The quantitative estimate of drug-likeness (QED) is 0.729. The van der Waals surface area contributed by atoms with Crippen LogP contribution < -0.4 is 10.7 Å². The van der Waals surface area contributed by atoms with E-state index in [1.165, 1.54) is 0 Å². The van der Waals surface area contributed by atoms with Crippen molar-refractivity contribution in [2.45, 2.75) is 0 Å². The molecule has 1 aliphatic heterocycles. The summed E-state index contributed by atoms with van der Waals surface area (Å²) in [7, 11) is 0. The number of aromatic nitrogens is 2. The maximum atomic E-state index is 12.4. The summed E-state index contributed by atoms with van der Waals surface area (Å²) in [6, 6.07) is 13.2.